The van der Waals surface area contributed by atoms with Crippen LogP contribution in [0.4, 0.5) is 0 Å². The van der Waals surface area contributed by atoms with Crippen LogP contribution in [0.15, 0.2) is 150 Å². The molecule has 5 aliphatic rings. The Balaban J connectivity index is 1.03. The minimum Gasteiger partial charge on any atom is -0.463 e. The minimum atomic E-state index is -0.342. The quantitative estimate of drug-likeness (QED) is 0.129. The summed E-state index contributed by atoms with van der Waals surface area (Å²) in [6.07, 6.45) is 24.4. The molecule has 256 valence electrons. The first-order valence-electron chi connectivity index (χ1n) is 18.7. The van der Waals surface area contributed by atoms with Crippen molar-refractivity contribution in [3.05, 3.63) is 172 Å². The van der Waals surface area contributed by atoms with E-state index in [4.69, 9.17) is 4.74 Å². The number of allylic oxidation sites excluding steroid dienone is 14. The molecule has 0 saturated heterocycles. The molecule has 8 rings (SSSR count). The van der Waals surface area contributed by atoms with Gasteiger partial charge in [0.1, 0.15) is 0 Å². The molecule has 0 radical (unpaired) electrons. The van der Waals surface area contributed by atoms with Crippen molar-refractivity contribution in [3.63, 3.8) is 0 Å². The normalized spacial score (nSPS) is 20.4. The zero-order valence-electron chi connectivity index (χ0n) is 30.7. The first-order valence-corrected chi connectivity index (χ1v) is 18.7. The third-order valence-corrected chi connectivity index (χ3v) is 11.7. The fourth-order valence-corrected chi connectivity index (χ4v) is 8.77. The van der Waals surface area contributed by atoms with Crippen LogP contribution >= 0.6 is 0 Å². The summed E-state index contributed by atoms with van der Waals surface area (Å²) >= 11 is 0. The summed E-state index contributed by atoms with van der Waals surface area (Å²) in [6.45, 7) is 15.6. The number of carbonyl (C=O) groups is 1. The Kier molecular flexibility index (Phi) is 8.25. The molecule has 2 unspecified atom stereocenters. The average molecular weight is 669 g/mol. The lowest BCUT2D eigenvalue weighted by molar-refractivity contribution is -0.137. The zero-order valence-corrected chi connectivity index (χ0v) is 30.7. The molecule has 51 heavy (non-hydrogen) atoms. The molecule has 0 amide bonds. The van der Waals surface area contributed by atoms with Crippen molar-refractivity contribution in [2.45, 2.75) is 65.7 Å². The summed E-state index contributed by atoms with van der Waals surface area (Å²) in [5.41, 5.74) is 19.2. The molecular formula is C49H48O2. The van der Waals surface area contributed by atoms with Crippen molar-refractivity contribution < 1.29 is 9.53 Å². The van der Waals surface area contributed by atoms with E-state index in [0.717, 1.165) is 25.7 Å². The standard InChI is InChI=1S/C49H48O2/c1-7-45(50)51-26-10-8-9-11-31-12-14-32(15-13-31)34-19-23-40-41-24-20-35(30-44(41)49(5,6)43(40)29-34)39-22-18-33-16-17-36-27-38(48(2,3)4)28-37-21-25-42(39)47(33)46(36)37/h7,12-25,27-30,46-47H,1,8-11,26H2,2-6H3. The maximum Gasteiger partial charge on any atom is 0.330 e. The Morgan fingerprint density at radius 2 is 1.41 bits per heavy atom. The maximum atomic E-state index is 11.2. The number of aryl methyl sites for hydroxylation is 1. The fourth-order valence-electron chi connectivity index (χ4n) is 8.77. The smallest absolute Gasteiger partial charge is 0.330 e. The van der Waals surface area contributed by atoms with Gasteiger partial charge in [0.05, 0.1) is 6.61 Å². The van der Waals surface area contributed by atoms with Gasteiger partial charge in [0.2, 0.25) is 0 Å². The SMILES string of the molecule is C=CC(=O)OCCCCCc1ccc(-c2ccc3c(c2)C(C)(C)c2cc(C4=CC=C5C=CC6=CC(C(C)(C)C)=CC7=CC=C4C5C76)ccc2-3)cc1. The molecule has 0 bridgehead atoms. The van der Waals surface area contributed by atoms with Gasteiger partial charge in [0.15, 0.2) is 0 Å². The van der Waals surface area contributed by atoms with E-state index >= 15 is 0 Å². The molecule has 0 heterocycles. The van der Waals surface area contributed by atoms with E-state index in [1.165, 1.54) is 84.0 Å². The van der Waals surface area contributed by atoms with E-state index in [1.54, 1.807) is 0 Å². The van der Waals surface area contributed by atoms with Gasteiger partial charge in [-0.3, -0.25) is 0 Å². The second kappa shape index (κ2) is 12.7. The Hall–Kier alpha value is -4.95. The first-order chi connectivity index (χ1) is 24.5. The van der Waals surface area contributed by atoms with Crippen LogP contribution in [0.5, 0.6) is 0 Å². The summed E-state index contributed by atoms with van der Waals surface area (Å²) < 4.78 is 5.09. The minimum absolute atomic E-state index is 0.109. The lowest BCUT2D eigenvalue weighted by Gasteiger charge is -2.42. The molecule has 2 atom stereocenters. The highest BCUT2D eigenvalue weighted by Crippen LogP contribution is 2.55. The topological polar surface area (TPSA) is 26.3 Å². The van der Waals surface area contributed by atoms with Gasteiger partial charge in [0.25, 0.3) is 0 Å². The fraction of sp³-hybridized carbons (Fsp3) is 0.286. The molecule has 0 fully saturated rings. The number of unbranched alkanes of at least 4 members (excludes halogenated alkanes) is 2. The molecule has 2 nitrogen and oxygen atoms in total. The monoisotopic (exact) mass is 668 g/mol. The van der Waals surface area contributed by atoms with Crippen LogP contribution in [-0.4, -0.2) is 12.6 Å². The highest BCUT2D eigenvalue weighted by Gasteiger charge is 2.41. The van der Waals surface area contributed by atoms with Gasteiger partial charge in [-0.2, -0.15) is 0 Å². The molecule has 5 aliphatic carbocycles. The lowest BCUT2D eigenvalue weighted by Crippen LogP contribution is -2.30. The highest BCUT2D eigenvalue weighted by molar-refractivity contribution is 5.90. The van der Waals surface area contributed by atoms with E-state index in [2.05, 4.69) is 150 Å². The van der Waals surface area contributed by atoms with Crippen LogP contribution in [-0.2, 0) is 21.4 Å². The van der Waals surface area contributed by atoms with Crippen molar-refractivity contribution in [2.75, 3.05) is 6.61 Å². The largest absolute Gasteiger partial charge is 0.463 e. The van der Waals surface area contributed by atoms with Crippen LogP contribution in [0.25, 0.3) is 27.8 Å². The second-order valence-electron chi connectivity index (χ2n) is 16.3. The van der Waals surface area contributed by atoms with Crippen molar-refractivity contribution in [2.24, 2.45) is 17.3 Å². The maximum absolute atomic E-state index is 11.2. The van der Waals surface area contributed by atoms with E-state index in [9.17, 15) is 4.79 Å². The Bertz CT molecular complexity index is 2180. The Labute approximate surface area is 304 Å². The van der Waals surface area contributed by atoms with Crippen LogP contribution in [0.2, 0.25) is 0 Å². The van der Waals surface area contributed by atoms with Gasteiger partial charge >= 0.3 is 5.97 Å². The molecule has 0 N–H and O–H groups in total. The van der Waals surface area contributed by atoms with Crippen molar-refractivity contribution in [3.8, 4) is 22.3 Å². The Morgan fingerprint density at radius 3 is 2.14 bits per heavy atom. The van der Waals surface area contributed by atoms with Gasteiger partial charge in [0, 0.05) is 23.3 Å². The van der Waals surface area contributed by atoms with E-state index < -0.39 is 0 Å². The van der Waals surface area contributed by atoms with Crippen molar-refractivity contribution in [1.82, 2.24) is 0 Å². The molecule has 3 aromatic rings. The van der Waals surface area contributed by atoms with E-state index in [-0.39, 0.29) is 16.8 Å². The van der Waals surface area contributed by atoms with Gasteiger partial charge in [-0.15, -0.1) is 0 Å². The molecule has 0 spiro atoms. The average Bonchev–Trinajstić information content (AvgIpc) is 3.36. The summed E-state index contributed by atoms with van der Waals surface area (Å²) in [4.78, 5) is 11.2. The number of hydrogen-bond acceptors (Lipinski definition) is 2. The van der Waals surface area contributed by atoms with E-state index in [1.807, 2.05) is 0 Å². The summed E-state index contributed by atoms with van der Waals surface area (Å²) in [6, 6.07) is 23.3. The van der Waals surface area contributed by atoms with Crippen molar-refractivity contribution >= 4 is 11.5 Å². The summed E-state index contributed by atoms with van der Waals surface area (Å²) in [7, 11) is 0. The van der Waals surface area contributed by atoms with Crippen LogP contribution < -0.4 is 0 Å². The molecular weight excluding hydrogens is 621 g/mol. The van der Waals surface area contributed by atoms with Gasteiger partial charge in [-0.05, 0) is 121 Å². The number of carbonyl (C=O) groups excluding carboxylic acids is 1. The highest BCUT2D eigenvalue weighted by atomic mass is 16.5. The third kappa shape index (κ3) is 5.89. The Morgan fingerprint density at radius 1 is 0.745 bits per heavy atom. The van der Waals surface area contributed by atoms with Gasteiger partial charge < -0.3 is 4.74 Å². The van der Waals surface area contributed by atoms with E-state index in [0.29, 0.717) is 18.4 Å². The lowest BCUT2D eigenvalue weighted by atomic mass is 9.61. The molecule has 2 heteroatoms. The number of esters is 1. The number of rotatable bonds is 9. The molecule has 0 saturated carbocycles. The van der Waals surface area contributed by atoms with Crippen LogP contribution in [0.3, 0.4) is 0 Å². The summed E-state index contributed by atoms with van der Waals surface area (Å²) in [5.74, 6) is 0.407. The van der Waals surface area contributed by atoms with Gasteiger partial charge in [-0.1, -0.05) is 138 Å². The molecule has 0 aromatic heterocycles. The van der Waals surface area contributed by atoms with Crippen LogP contribution in [0.1, 0.15) is 76.1 Å². The van der Waals surface area contributed by atoms with Gasteiger partial charge in [-0.25, -0.2) is 4.79 Å². The van der Waals surface area contributed by atoms with Crippen molar-refractivity contribution in [1.29, 1.82) is 0 Å². The predicted molar refractivity (Wildman–Crippen MR) is 212 cm³/mol. The zero-order chi connectivity index (χ0) is 35.5. The second-order valence-corrected chi connectivity index (χ2v) is 16.3. The third-order valence-electron chi connectivity index (χ3n) is 11.7. The van der Waals surface area contributed by atoms with Crippen LogP contribution in [0, 0.1) is 17.3 Å². The summed E-state index contributed by atoms with van der Waals surface area (Å²) in [5, 5.41) is 0. The number of benzene rings is 3. The number of hydrogen-bond donors (Lipinski definition) is 0. The number of fused-ring (bicyclic) bond motifs is 3. The number of ether oxygens (including phenoxy) is 1. The molecule has 0 aliphatic heterocycles. The first kappa shape index (κ1) is 33.2. The molecule has 3 aromatic carbocycles. The predicted octanol–water partition coefficient (Wildman–Crippen LogP) is 12.0.